The van der Waals surface area contributed by atoms with Gasteiger partial charge in [0.1, 0.15) is 0 Å². The molecular weight excluding hydrogens is 266 g/mol. The molecule has 4 nitrogen and oxygen atoms in total. The van der Waals surface area contributed by atoms with Crippen LogP contribution in [0.5, 0.6) is 0 Å². The molecular formula is C17H25NO3. The van der Waals surface area contributed by atoms with Crippen molar-refractivity contribution in [1.82, 2.24) is 4.90 Å². The highest BCUT2D eigenvalue weighted by molar-refractivity contribution is 5.97. The third kappa shape index (κ3) is 4.63. The van der Waals surface area contributed by atoms with Crippen LogP contribution >= 0.6 is 0 Å². The Morgan fingerprint density at radius 1 is 1.29 bits per heavy atom. The first kappa shape index (κ1) is 16.1. The van der Waals surface area contributed by atoms with Gasteiger partial charge in [0.05, 0.1) is 25.9 Å². The quantitative estimate of drug-likeness (QED) is 0.814. The lowest BCUT2D eigenvalue weighted by Crippen LogP contribution is -2.40. The van der Waals surface area contributed by atoms with Crippen LogP contribution in [-0.2, 0) is 4.74 Å². The molecule has 21 heavy (non-hydrogen) atoms. The summed E-state index contributed by atoms with van der Waals surface area (Å²) in [5.74, 6) is 0.188. The number of rotatable bonds is 6. The van der Waals surface area contributed by atoms with Crippen LogP contribution in [0.4, 0.5) is 0 Å². The van der Waals surface area contributed by atoms with E-state index >= 15 is 0 Å². The number of aliphatic hydroxyl groups is 1. The number of benzene rings is 1. The lowest BCUT2D eigenvalue weighted by Gasteiger charge is -2.31. The van der Waals surface area contributed by atoms with Gasteiger partial charge >= 0.3 is 0 Å². The number of ketones is 1. The summed E-state index contributed by atoms with van der Waals surface area (Å²) in [6.45, 7) is 6.82. The number of hydrogen-bond acceptors (Lipinski definition) is 4. The molecule has 1 aliphatic heterocycles. The van der Waals surface area contributed by atoms with Crippen molar-refractivity contribution in [3.05, 3.63) is 34.9 Å². The molecule has 0 saturated carbocycles. The fourth-order valence-corrected chi connectivity index (χ4v) is 2.66. The van der Waals surface area contributed by atoms with Crippen LogP contribution in [0.1, 0.15) is 34.3 Å². The van der Waals surface area contributed by atoms with E-state index in [0.29, 0.717) is 13.2 Å². The average molecular weight is 291 g/mol. The lowest BCUT2D eigenvalue weighted by atomic mass is 10.0. The van der Waals surface area contributed by atoms with Crippen molar-refractivity contribution < 1.29 is 14.6 Å². The molecule has 2 rings (SSSR count). The number of likely N-dealkylation sites (tertiary alicyclic amines) is 1. The molecule has 1 N–H and O–H groups in total. The molecule has 0 spiro atoms. The number of hydrogen-bond donors (Lipinski definition) is 1. The van der Waals surface area contributed by atoms with E-state index in [1.165, 1.54) is 5.56 Å². The predicted molar refractivity (Wildman–Crippen MR) is 82.7 cm³/mol. The summed E-state index contributed by atoms with van der Waals surface area (Å²) in [6, 6.07) is 5.91. The van der Waals surface area contributed by atoms with Crippen LogP contribution in [0, 0.1) is 13.8 Å². The number of Topliss-reactive ketones (excluding diaryl/α,β-unsaturated/α-hetero) is 1. The van der Waals surface area contributed by atoms with E-state index < -0.39 is 0 Å². The number of carbonyl (C=O) groups is 1. The number of aliphatic hydroxyl groups excluding tert-OH is 1. The number of piperidine rings is 1. The van der Waals surface area contributed by atoms with Crippen molar-refractivity contribution in [3.8, 4) is 0 Å². The second-order valence-corrected chi connectivity index (χ2v) is 5.79. The molecule has 1 saturated heterocycles. The largest absolute Gasteiger partial charge is 0.394 e. The van der Waals surface area contributed by atoms with Gasteiger partial charge in [-0.1, -0.05) is 12.1 Å². The van der Waals surface area contributed by atoms with Gasteiger partial charge in [0, 0.05) is 18.7 Å². The van der Waals surface area contributed by atoms with E-state index in [1.807, 2.05) is 25.1 Å². The Hall–Kier alpha value is -1.23. The zero-order chi connectivity index (χ0) is 15.2. The first-order valence-electron chi connectivity index (χ1n) is 7.65. The molecule has 1 heterocycles. The molecule has 0 aliphatic carbocycles. The van der Waals surface area contributed by atoms with Gasteiger partial charge in [0.2, 0.25) is 0 Å². The van der Waals surface area contributed by atoms with Crippen LogP contribution in [-0.4, -0.2) is 54.7 Å². The van der Waals surface area contributed by atoms with Crippen LogP contribution < -0.4 is 0 Å². The highest BCUT2D eigenvalue weighted by Crippen LogP contribution is 2.15. The van der Waals surface area contributed by atoms with Crippen LogP contribution in [0.3, 0.4) is 0 Å². The van der Waals surface area contributed by atoms with E-state index in [1.54, 1.807) is 0 Å². The maximum atomic E-state index is 12.3. The lowest BCUT2D eigenvalue weighted by molar-refractivity contribution is -0.00689. The van der Waals surface area contributed by atoms with E-state index in [-0.39, 0.29) is 18.5 Å². The van der Waals surface area contributed by atoms with Crippen LogP contribution in [0.15, 0.2) is 18.2 Å². The second kappa shape index (κ2) is 7.69. The number of nitrogens with zero attached hydrogens (tertiary/aromatic N) is 1. The molecule has 116 valence electrons. The first-order chi connectivity index (χ1) is 10.1. The SMILES string of the molecule is Cc1ccc(C(=O)CN2CCC(OCCO)CC2)cc1C. The molecule has 0 atom stereocenters. The minimum atomic E-state index is 0.0749. The number of aryl methyl sites for hydroxylation is 2. The van der Waals surface area contributed by atoms with Gasteiger partial charge in [0.25, 0.3) is 0 Å². The van der Waals surface area contributed by atoms with Crippen LogP contribution in [0.2, 0.25) is 0 Å². The average Bonchev–Trinajstić information content (AvgIpc) is 2.49. The maximum absolute atomic E-state index is 12.3. The molecule has 0 amide bonds. The Balaban J connectivity index is 1.82. The second-order valence-electron chi connectivity index (χ2n) is 5.79. The molecule has 1 fully saturated rings. The van der Waals surface area contributed by atoms with Crippen molar-refractivity contribution in [2.45, 2.75) is 32.8 Å². The number of carbonyl (C=O) groups excluding carboxylic acids is 1. The molecule has 0 aromatic heterocycles. The highest BCUT2D eigenvalue weighted by atomic mass is 16.5. The predicted octanol–water partition coefficient (Wildman–Crippen LogP) is 1.96. The van der Waals surface area contributed by atoms with Gasteiger partial charge in [-0.05, 0) is 43.9 Å². The smallest absolute Gasteiger partial charge is 0.176 e. The molecule has 1 aromatic rings. The molecule has 0 bridgehead atoms. The topological polar surface area (TPSA) is 49.8 Å². The van der Waals surface area contributed by atoms with Gasteiger partial charge in [-0.3, -0.25) is 9.69 Å². The first-order valence-corrected chi connectivity index (χ1v) is 7.65. The van der Waals surface area contributed by atoms with E-state index in [9.17, 15) is 4.79 Å². The highest BCUT2D eigenvalue weighted by Gasteiger charge is 2.21. The standard InChI is InChI=1S/C17H25NO3/c1-13-3-4-15(11-14(13)2)17(20)12-18-7-5-16(6-8-18)21-10-9-19/h3-4,11,16,19H,5-10,12H2,1-2H3. The molecule has 0 radical (unpaired) electrons. The van der Waals surface area contributed by atoms with Crippen molar-refractivity contribution in [2.75, 3.05) is 32.8 Å². The van der Waals surface area contributed by atoms with E-state index in [4.69, 9.17) is 9.84 Å². The molecule has 4 heteroatoms. The minimum Gasteiger partial charge on any atom is -0.394 e. The fraction of sp³-hybridized carbons (Fsp3) is 0.588. The molecule has 1 aromatic carbocycles. The van der Waals surface area contributed by atoms with Gasteiger partial charge in [-0.25, -0.2) is 0 Å². The molecule has 0 unspecified atom stereocenters. The minimum absolute atomic E-state index is 0.0749. The summed E-state index contributed by atoms with van der Waals surface area (Å²) < 4.78 is 5.54. The summed E-state index contributed by atoms with van der Waals surface area (Å²) >= 11 is 0. The van der Waals surface area contributed by atoms with Crippen molar-refractivity contribution >= 4 is 5.78 Å². The van der Waals surface area contributed by atoms with Gasteiger partial charge in [0.15, 0.2) is 5.78 Å². The Morgan fingerprint density at radius 2 is 2.00 bits per heavy atom. The van der Waals surface area contributed by atoms with Crippen molar-refractivity contribution in [3.63, 3.8) is 0 Å². The van der Waals surface area contributed by atoms with Crippen LogP contribution in [0.25, 0.3) is 0 Å². The van der Waals surface area contributed by atoms with Gasteiger partial charge in [-0.15, -0.1) is 0 Å². The summed E-state index contributed by atoms with van der Waals surface area (Å²) in [4.78, 5) is 14.5. The third-order valence-electron chi connectivity index (χ3n) is 4.18. The monoisotopic (exact) mass is 291 g/mol. The van der Waals surface area contributed by atoms with Gasteiger partial charge < -0.3 is 9.84 Å². The Kier molecular flexibility index (Phi) is 5.91. The van der Waals surface area contributed by atoms with E-state index in [2.05, 4.69) is 11.8 Å². The summed E-state index contributed by atoms with van der Waals surface area (Å²) in [6.07, 6.45) is 2.09. The zero-order valence-electron chi connectivity index (χ0n) is 13.0. The normalized spacial score (nSPS) is 17.1. The number of ether oxygens (including phenoxy) is 1. The van der Waals surface area contributed by atoms with Crippen molar-refractivity contribution in [2.24, 2.45) is 0 Å². The van der Waals surface area contributed by atoms with Gasteiger partial charge in [-0.2, -0.15) is 0 Å². The summed E-state index contributed by atoms with van der Waals surface area (Å²) in [5.41, 5.74) is 3.18. The summed E-state index contributed by atoms with van der Waals surface area (Å²) in [5, 5.41) is 8.76. The third-order valence-corrected chi connectivity index (χ3v) is 4.18. The fourth-order valence-electron chi connectivity index (χ4n) is 2.66. The zero-order valence-corrected chi connectivity index (χ0v) is 13.0. The Bertz CT molecular complexity index is 479. The van der Waals surface area contributed by atoms with Crippen molar-refractivity contribution in [1.29, 1.82) is 0 Å². The Morgan fingerprint density at radius 3 is 2.62 bits per heavy atom. The summed E-state index contributed by atoms with van der Waals surface area (Å²) in [7, 11) is 0. The maximum Gasteiger partial charge on any atom is 0.176 e. The van der Waals surface area contributed by atoms with E-state index in [0.717, 1.165) is 37.1 Å². The Labute approximate surface area is 126 Å². The molecule has 1 aliphatic rings.